The molecule has 29 heavy (non-hydrogen) atoms. The Morgan fingerprint density at radius 3 is 2.28 bits per heavy atom. The van der Waals surface area contributed by atoms with Gasteiger partial charge in [-0.15, -0.1) is 0 Å². The van der Waals surface area contributed by atoms with Crippen molar-refractivity contribution in [1.82, 2.24) is 10.4 Å². The number of ether oxygens (including phenoxy) is 2. The number of nitrogens with zero attached hydrogens (tertiary/aromatic N) is 1. The number of halogens is 7. The van der Waals surface area contributed by atoms with E-state index in [4.69, 9.17) is 11.6 Å². The number of alkyl halides is 6. The van der Waals surface area contributed by atoms with Crippen LogP contribution in [0.25, 0.3) is 0 Å². The fraction of sp³-hybridized carbons (Fsp3) is 0.250. The standard InChI is InChI=1S/C16H12ClF6N3O3/c17-12-2-1-3-13(24-12)25-26-14(27)10-6-9(28-7-15(18,19)20)4-5-11(10)29-8-16(21,22)23/h1-6H,7-8H2,(H,24,25)(H,26,27). The summed E-state index contributed by atoms with van der Waals surface area (Å²) in [5, 5.41) is 0.0981. The smallest absolute Gasteiger partial charge is 0.422 e. The molecule has 0 aliphatic carbocycles. The number of aromatic nitrogens is 1. The third-order valence-electron chi connectivity index (χ3n) is 3.01. The van der Waals surface area contributed by atoms with E-state index in [1.165, 1.54) is 18.2 Å². The van der Waals surface area contributed by atoms with Crippen molar-refractivity contribution in [3.05, 3.63) is 47.1 Å². The Bertz CT molecular complexity index is 861. The van der Waals surface area contributed by atoms with Crippen LogP contribution < -0.4 is 20.3 Å². The largest absolute Gasteiger partial charge is 0.484 e. The second kappa shape index (κ2) is 9.07. The van der Waals surface area contributed by atoms with E-state index in [1.54, 1.807) is 0 Å². The van der Waals surface area contributed by atoms with Crippen molar-refractivity contribution in [3.8, 4) is 11.5 Å². The first-order valence-corrected chi connectivity index (χ1v) is 8.03. The zero-order chi connectivity index (χ0) is 21.7. The highest BCUT2D eigenvalue weighted by Crippen LogP contribution is 2.28. The van der Waals surface area contributed by atoms with Crippen LogP contribution >= 0.6 is 11.6 Å². The van der Waals surface area contributed by atoms with Crippen LogP contribution in [0.4, 0.5) is 32.2 Å². The Morgan fingerprint density at radius 1 is 1.00 bits per heavy atom. The Morgan fingerprint density at radius 2 is 1.66 bits per heavy atom. The predicted molar refractivity (Wildman–Crippen MR) is 89.9 cm³/mol. The number of nitrogens with one attached hydrogen (secondary N) is 2. The van der Waals surface area contributed by atoms with Gasteiger partial charge in [0.05, 0.1) is 5.56 Å². The summed E-state index contributed by atoms with van der Waals surface area (Å²) in [5.41, 5.74) is 4.00. The molecule has 6 nitrogen and oxygen atoms in total. The fourth-order valence-corrected chi connectivity index (χ4v) is 2.06. The highest BCUT2D eigenvalue weighted by atomic mass is 35.5. The van der Waals surface area contributed by atoms with Gasteiger partial charge >= 0.3 is 12.4 Å². The molecule has 1 aromatic heterocycles. The molecule has 0 unspecified atom stereocenters. The molecule has 158 valence electrons. The molecule has 13 heteroatoms. The van der Waals surface area contributed by atoms with Gasteiger partial charge in [-0.25, -0.2) is 4.98 Å². The zero-order valence-electron chi connectivity index (χ0n) is 14.2. The van der Waals surface area contributed by atoms with E-state index >= 15 is 0 Å². The average molecular weight is 444 g/mol. The highest BCUT2D eigenvalue weighted by molar-refractivity contribution is 6.29. The summed E-state index contributed by atoms with van der Waals surface area (Å²) >= 11 is 5.68. The predicted octanol–water partition coefficient (Wildman–Crippen LogP) is 4.37. The minimum atomic E-state index is -4.69. The van der Waals surface area contributed by atoms with Crippen LogP contribution in [0.1, 0.15) is 10.4 Å². The van der Waals surface area contributed by atoms with E-state index in [1.807, 2.05) is 0 Å². The third-order valence-corrected chi connectivity index (χ3v) is 3.22. The molecule has 0 spiro atoms. The van der Waals surface area contributed by atoms with Gasteiger partial charge in [0.1, 0.15) is 22.5 Å². The van der Waals surface area contributed by atoms with Crippen molar-refractivity contribution in [2.24, 2.45) is 0 Å². The molecule has 0 saturated carbocycles. The molecule has 2 rings (SSSR count). The molecule has 0 bridgehead atoms. The number of carbonyl (C=O) groups excluding carboxylic acids is 1. The monoisotopic (exact) mass is 443 g/mol. The zero-order valence-corrected chi connectivity index (χ0v) is 15.0. The van der Waals surface area contributed by atoms with Crippen LogP contribution in [0, 0.1) is 0 Å². The highest BCUT2D eigenvalue weighted by Gasteiger charge is 2.30. The molecule has 0 saturated heterocycles. The van der Waals surface area contributed by atoms with Gasteiger partial charge in [0, 0.05) is 0 Å². The van der Waals surface area contributed by atoms with Gasteiger partial charge in [0.25, 0.3) is 5.91 Å². The Labute approximate surface area is 164 Å². The maximum Gasteiger partial charge on any atom is 0.422 e. The van der Waals surface area contributed by atoms with Crippen molar-refractivity contribution < 1.29 is 40.6 Å². The van der Waals surface area contributed by atoms with E-state index in [2.05, 4.69) is 25.3 Å². The summed E-state index contributed by atoms with van der Waals surface area (Å²) in [7, 11) is 0. The second-order valence-electron chi connectivity index (χ2n) is 5.39. The van der Waals surface area contributed by atoms with Crippen LogP contribution in [-0.2, 0) is 0 Å². The number of pyridine rings is 1. The van der Waals surface area contributed by atoms with Gasteiger partial charge in [-0.2, -0.15) is 26.3 Å². The van der Waals surface area contributed by atoms with Gasteiger partial charge in [-0.3, -0.25) is 15.6 Å². The van der Waals surface area contributed by atoms with Crippen molar-refractivity contribution in [3.63, 3.8) is 0 Å². The summed E-state index contributed by atoms with van der Waals surface area (Å²) in [4.78, 5) is 16.1. The first-order chi connectivity index (χ1) is 13.4. The summed E-state index contributed by atoms with van der Waals surface area (Å²) < 4.78 is 83.2. The first-order valence-electron chi connectivity index (χ1n) is 7.65. The van der Waals surface area contributed by atoms with E-state index in [-0.39, 0.29) is 11.0 Å². The summed E-state index contributed by atoms with van der Waals surface area (Å²) in [5.74, 6) is -1.82. The topological polar surface area (TPSA) is 72.5 Å². The van der Waals surface area contributed by atoms with Crippen LogP contribution in [0.5, 0.6) is 11.5 Å². The Balaban J connectivity index is 2.19. The van der Waals surface area contributed by atoms with Crippen molar-refractivity contribution in [2.75, 3.05) is 18.6 Å². The lowest BCUT2D eigenvalue weighted by Crippen LogP contribution is -2.30. The van der Waals surface area contributed by atoms with E-state index in [0.29, 0.717) is 0 Å². The Hall–Kier alpha value is -2.89. The van der Waals surface area contributed by atoms with Crippen LogP contribution in [-0.4, -0.2) is 36.5 Å². The molecule has 1 aromatic carbocycles. The maximum absolute atomic E-state index is 12.4. The van der Waals surface area contributed by atoms with Crippen LogP contribution in [0.3, 0.4) is 0 Å². The molecule has 0 aliphatic rings. The lowest BCUT2D eigenvalue weighted by molar-refractivity contribution is -0.154. The molecular formula is C16H12ClF6N3O3. The van der Waals surface area contributed by atoms with Gasteiger partial charge in [0.2, 0.25) is 0 Å². The van der Waals surface area contributed by atoms with Crippen molar-refractivity contribution in [2.45, 2.75) is 12.4 Å². The SMILES string of the molecule is O=C(NNc1cccc(Cl)n1)c1cc(OCC(F)(F)F)ccc1OCC(F)(F)F. The molecule has 0 atom stereocenters. The molecule has 1 heterocycles. The number of rotatable bonds is 7. The summed E-state index contributed by atoms with van der Waals surface area (Å²) in [6.45, 7) is -3.36. The number of hydrogen-bond acceptors (Lipinski definition) is 5. The minimum Gasteiger partial charge on any atom is -0.484 e. The number of amides is 1. The lowest BCUT2D eigenvalue weighted by atomic mass is 10.2. The number of hydrazine groups is 1. The number of hydrogen-bond donors (Lipinski definition) is 2. The van der Waals surface area contributed by atoms with Gasteiger partial charge in [-0.05, 0) is 30.3 Å². The summed E-state index contributed by atoms with van der Waals surface area (Å²) in [6, 6.07) is 7.05. The van der Waals surface area contributed by atoms with E-state index in [0.717, 1.165) is 18.2 Å². The lowest BCUT2D eigenvalue weighted by Gasteiger charge is -2.16. The second-order valence-corrected chi connectivity index (χ2v) is 5.78. The van der Waals surface area contributed by atoms with Gasteiger partial charge in [-0.1, -0.05) is 17.7 Å². The fourth-order valence-electron chi connectivity index (χ4n) is 1.89. The van der Waals surface area contributed by atoms with Crippen LogP contribution in [0.15, 0.2) is 36.4 Å². The molecule has 2 aromatic rings. The van der Waals surface area contributed by atoms with Crippen LogP contribution in [0.2, 0.25) is 5.15 Å². The van der Waals surface area contributed by atoms with Gasteiger partial charge in [0.15, 0.2) is 13.2 Å². The van der Waals surface area contributed by atoms with E-state index < -0.39 is 48.5 Å². The average Bonchev–Trinajstić information content (AvgIpc) is 2.62. The number of carbonyl (C=O) groups is 1. The quantitative estimate of drug-likeness (QED) is 0.378. The molecule has 0 radical (unpaired) electrons. The minimum absolute atomic E-state index is 0.0981. The van der Waals surface area contributed by atoms with Crippen molar-refractivity contribution >= 4 is 23.3 Å². The molecule has 2 N–H and O–H groups in total. The molecule has 0 aliphatic heterocycles. The van der Waals surface area contributed by atoms with Gasteiger partial charge < -0.3 is 9.47 Å². The third kappa shape index (κ3) is 7.94. The number of benzene rings is 1. The normalized spacial score (nSPS) is 11.7. The summed E-state index contributed by atoms with van der Waals surface area (Å²) in [6.07, 6.45) is -9.34. The first kappa shape index (κ1) is 22.4. The van der Waals surface area contributed by atoms with Crippen molar-refractivity contribution in [1.29, 1.82) is 0 Å². The van der Waals surface area contributed by atoms with E-state index in [9.17, 15) is 31.1 Å². The maximum atomic E-state index is 12.4. The Kier molecular flexibility index (Phi) is 7.01. The molecular weight excluding hydrogens is 432 g/mol. The molecule has 0 fully saturated rings. The molecule has 1 amide bonds. The number of anilines is 1.